The normalized spacial score (nSPS) is 11.0. The van der Waals surface area contributed by atoms with Crippen LogP contribution in [0.1, 0.15) is 23.2 Å². The quantitative estimate of drug-likeness (QED) is 0.431. The van der Waals surface area contributed by atoms with Crippen LogP contribution in [0.5, 0.6) is 5.75 Å². The summed E-state index contributed by atoms with van der Waals surface area (Å²) in [7, 11) is 1.38. The van der Waals surface area contributed by atoms with E-state index in [1.165, 1.54) is 19.2 Å². The van der Waals surface area contributed by atoms with Gasteiger partial charge in [-0.3, -0.25) is 14.4 Å². The van der Waals surface area contributed by atoms with Crippen molar-refractivity contribution in [1.29, 1.82) is 0 Å². The van der Waals surface area contributed by atoms with Crippen molar-refractivity contribution in [2.45, 2.75) is 19.2 Å². The number of carbonyl (C=O) groups is 3. The summed E-state index contributed by atoms with van der Waals surface area (Å²) in [5.74, 6) is -3.98. The number of likely N-dealkylation sites (N-methyl/N-ethyl adjacent to an activating group) is 1. The lowest BCUT2D eigenvalue weighted by atomic mass is 10.2. The molecule has 0 aromatic heterocycles. The van der Waals surface area contributed by atoms with E-state index in [-0.39, 0.29) is 37.2 Å². The summed E-state index contributed by atoms with van der Waals surface area (Å²) in [4.78, 5) is 37.2. The van der Waals surface area contributed by atoms with Crippen molar-refractivity contribution in [3.8, 4) is 5.75 Å². The number of anilines is 1. The number of amides is 3. The van der Waals surface area contributed by atoms with Crippen LogP contribution in [0.3, 0.4) is 0 Å². The Morgan fingerprint density at radius 1 is 1.03 bits per heavy atom. The van der Waals surface area contributed by atoms with E-state index in [1.807, 2.05) is 0 Å². The average Bonchev–Trinajstić information content (AvgIpc) is 2.71. The smallest absolute Gasteiger partial charge is 0.406 e. The first kappa shape index (κ1) is 25.6. The fourth-order valence-electron chi connectivity index (χ4n) is 2.65. The van der Waals surface area contributed by atoms with Crippen LogP contribution < -0.4 is 15.4 Å². The summed E-state index contributed by atoms with van der Waals surface area (Å²) in [6, 6.07) is 7.04. The molecule has 0 saturated carbocycles. The van der Waals surface area contributed by atoms with Crippen LogP contribution in [-0.4, -0.2) is 49.1 Å². The number of hydrogen-bond donors (Lipinski definition) is 2. The van der Waals surface area contributed by atoms with Crippen molar-refractivity contribution < 1.29 is 41.1 Å². The lowest BCUT2D eigenvalue weighted by molar-refractivity contribution is -0.274. The van der Waals surface area contributed by atoms with Crippen LogP contribution in [0.15, 0.2) is 42.5 Å². The van der Waals surface area contributed by atoms with Gasteiger partial charge in [0.25, 0.3) is 5.91 Å². The lowest BCUT2D eigenvalue weighted by Gasteiger charge is -2.17. The summed E-state index contributed by atoms with van der Waals surface area (Å²) in [5.41, 5.74) is -0.111. The lowest BCUT2D eigenvalue weighted by Crippen LogP contribution is -2.35. The highest BCUT2D eigenvalue weighted by atomic mass is 19.4. The summed E-state index contributed by atoms with van der Waals surface area (Å²) in [5, 5.41) is 4.85. The van der Waals surface area contributed by atoms with Gasteiger partial charge in [0.15, 0.2) is 0 Å². The Labute approximate surface area is 185 Å². The van der Waals surface area contributed by atoms with Crippen molar-refractivity contribution in [3.05, 3.63) is 59.7 Å². The minimum absolute atomic E-state index is 0.0144. The molecule has 0 unspecified atom stereocenters. The predicted molar refractivity (Wildman–Crippen MR) is 107 cm³/mol. The van der Waals surface area contributed by atoms with Gasteiger partial charge >= 0.3 is 6.36 Å². The van der Waals surface area contributed by atoms with Gasteiger partial charge in [0, 0.05) is 31.8 Å². The number of benzene rings is 2. The van der Waals surface area contributed by atoms with Gasteiger partial charge in [-0.1, -0.05) is 0 Å². The Balaban J connectivity index is 1.71. The molecule has 0 spiro atoms. The summed E-state index contributed by atoms with van der Waals surface area (Å²) >= 11 is 0. The zero-order valence-electron chi connectivity index (χ0n) is 17.3. The van der Waals surface area contributed by atoms with Gasteiger partial charge in [0.1, 0.15) is 17.4 Å². The maximum atomic E-state index is 13.6. The Bertz CT molecular complexity index is 996. The first-order valence-electron chi connectivity index (χ1n) is 9.57. The number of ether oxygens (including phenoxy) is 1. The molecule has 0 aliphatic heterocycles. The highest BCUT2D eigenvalue weighted by Gasteiger charge is 2.31. The molecular formula is C21H20F5N3O4. The van der Waals surface area contributed by atoms with Gasteiger partial charge in [0.2, 0.25) is 11.8 Å². The molecule has 0 heterocycles. The van der Waals surface area contributed by atoms with E-state index >= 15 is 0 Å². The molecule has 3 amide bonds. The Morgan fingerprint density at radius 2 is 1.70 bits per heavy atom. The van der Waals surface area contributed by atoms with E-state index in [9.17, 15) is 36.3 Å². The van der Waals surface area contributed by atoms with E-state index in [0.29, 0.717) is 6.07 Å². The molecule has 0 aliphatic carbocycles. The number of carbonyl (C=O) groups excluding carboxylic acids is 3. The molecule has 0 radical (unpaired) electrons. The van der Waals surface area contributed by atoms with Crippen molar-refractivity contribution in [1.82, 2.24) is 10.2 Å². The molecule has 2 N–H and O–H groups in total. The van der Waals surface area contributed by atoms with Gasteiger partial charge in [-0.25, -0.2) is 8.78 Å². The Kier molecular flexibility index (Phi) is 8.71. The van der Waals surface area contributed by atoms with Crippen molar-refractivity contribution >= 4 is 23.4 Å². The van der Waals surface area contributed by atoms with Gasteiger partial charge in [-0.2, -0.15) is 0 Å². The second kappa shape index (κ2) is 11.2. The van der Waals surface area contributed by atoms with Gasteiger partial charge in [-0.15, -0.1) is 13.2 Å². The molecule has 0 saturated heterocycles. The van der Waals surface area contributed by atoms with Crippen LogP contribution in [0.4, 0.5) is 27.6 Å². The zero-order chi connectivity index (χ0) is 24.6. The largest absolute Gasteiger partial charge is 0.573 e. The maximum Gasteiger partial charge on any atom is 0.573 e. The molecular weight excluding hydrogens is 453 g/mol. The minimum Gasteiger partial charge on any atom is -0.406 e. The first-order valence-corrected chi connectivity index (χ1v) is 9.57. The molecule has 2 rings (SSSR count). The molecule has 0 bridgehead atoms. The number of alkyl halides is 3. The van der Waals surface area contributed by atoms with Crippen LogP contribution in [0, 0.1) is 11.6 Å². The molecule has 178 valence electrons. The highest BCUT2D eigenvalue weighted by Crippen LogP contribution is 2.23. The number of hydrogen-bond acceptors (Lipinski definition) is 4. The monoisotopic (exact) mass is 473 g/mol. The second-order valence-electron chi connectivity index (χ2n) is 6.85. The van der Waals surface area contributed by atoms with E-state index < -0.39 is 41.5 Å². The predicted octanol–water partition coefficient (Wildman–Crippen LogP) is 3.47. The van der Waals surface area contributed by atoms with Gasteiger partial charge in [0.05, 0.1) is 12.1 Å². The fraction of sp³-hybridized carbons (Fsp3) is 0.286. The average molecular weight is 473 g/mol. The standard InChI is InChI=1S/C21H20F5N3O4/c1-29(12-18(30)28-14-5-7-15(8-6-14)33-21(24,25)26)19(31)3-2-10-27-20(32)16-9-4-13(22)11-17(16)23/h4-9,11H,2-3,10,12H2,1H3,(H,27,32)(H,28,30). The molecule has 7 nitrogen and oxygen atoms in total. The van der Waals surface area contributed by atoms with Gasteiger partial charge in [-0.05, 0) is 42.8 Å². The third-order valence-electron chi connectivity index (χ3n) is 4.21. The molecule has 2 aromatic rings. The number of nitrogens with zero attached hydrogens (tertiary/aromatic N) is 1. The minimum atomic E-state index is -4.83. The van der Waals surface area contributed by atoms with E-state index in [1.54, 1.807) is 0 Å². The molecule has 0 atom stereocenters. The highest BCUT2D eigenvalue weighted by molar-refractivity contribution is 5.95. The van der Waals surface area contributed by atoms with Gasteiger partial charge < -0.3 is 20.3 Å². The van der Waals surface area contributed by atoms with Crippen LogP contribution in [0.2, 0.25) is 0 Å². The van der Waals surface area contributed by atoms with Crippen molar-refractivity contribution in [3.63, 3.8) is 0 Å². The summed E-state index contributed by atoms with van der Waals surface area (Å²) < 4.78 is 66.6. The zero-order valence-corrected chi connectivity index (χ0v) is 17.3. The third kappa shape index (κ3) is 8.75. The Morgan fingerprint density at radius 3 is 2.30 bits per heavy atom. The van der Waals surface area contributed by atoms with Crippen LogP contribution >= 0.6 is 0 Å². The van der Waals surface area contributed by atoms with Crippen LogP contribution in [0.25, 0.3) is 0 Å². The number of rotatable bonds is 9. The van der Waals surface area contributed by atoms with E-state index in [2.05, 4.69) is 15.4 Å². The molecule has 0 aliphatic rings. The summed E-state index contributed by atoms with van der Waals surface area (Å²) in [6.07, 6.45) is -4.63. The molecule has 0 fully saturated rings. The topological polar surface area (TPSA) is 87.7 Å². The van der Waals surface area contributed by atoms with Crippen LogP contribution in [-0.2, 0) is 9.59 Å². The number of halogens is 5. The first-order chi connectivity index (χ1) is 15.4. The SMILES string of the molecule is CN(CC(=O)Nc1ccc(OC(F)(F)F)cc1)C(=O)CCCNC(=O)c1ccc(F)cc1F. The Hall–Kier alpha value is -3.70. The van der Waals surface area contributed by atoms with Crippen molar-refractivity contribution in [2.24, 2.45) is 0 Å². The molecule has 2 aromatic carbocycles. The molecule has 33 heavy (non-hydrogen) atoms. The summed E-state index contributed by atoms with van der Waals surface area (Å²) in [6.45, 7) is -0.263. The third-order valence-corrected chi connectivity index (χ3v) is 4.21. The fourth-order valence-corrected chi connectivity index (χ4v) is 2.65. The van der Waals surface area contributed by atoms with Crippen molar-refractivity contribution in [2.75, 3.05) is 25.5 Å². The van der Waals surface area contributed by atoms with E-state index in [0.717, 1.165) is 29.2 Å². The number of nitrogens with one attached hydrogen (secondary N) is 2. The second-order valence-corrected chi connectivity index (χ2v) is 6.85. The van der Waals surface area contributed by atoms with E-state index in [4.69, 9.17) is 0 Å². The maximum absolute atomic E-state index is 13.6. The molecule has 12 heteroatoms.